The van der Waals surface area contributed by atoms with Crippen molar-refractivity contribution >= 4 is 0 Å². The van der Waals surface area contributed by atoms with Gasteiger partial charge in [-0.3, -0.25) is 4.90 Å². The van der Waals surface area contributed by atoms with Crippen molar-refractivity contribution in [2.24, 2.45) is 5.92 Å². The number of hydrogen-bond donors (Lipinski definition) is 1. The molecule has 2 saturated heterocycles. The Balaban J connectivity index is 1.64. The third-order valence-corrected chi connectivity index (χ3v) is 4.38. The molecule has 0 radical (unpaired) electrons. The smallest absolute Gasteiger partial charge is 0.126 e. The summed E-state index contributed by atoms with van der Waals surface area (Å²) in [5.41, 5.74) is 1.83. The third kappa shape index (κ3) is 2.43. The molecule has 1 aromatic rings. The van der Waals surface area contributed by atoms with Crippen LogP contribution in [0.15, 0.2) is 18.2 Å². The lowest BCUT2D eigenvalue weighted by molar-refractivity contribution is 0.156. The summed E-state index contributed by atoms with van der Waals surface area (Å²) in [5, 5.41) is 3.57. The lowest BCUT2D eigenvalue weighted by Crippen LogP contribution is -2.43. The Hall–Kier alpha value is -0.930. The monoisotopic (exact) mass is 248 g/mol. The predicted octanol–water partition coefficient (Wildman–Crippen LogP) is 2.32. The molecule has 0 amide bonds. The first-order valence-electron chi connectivity index (χ1n) is 6.93. The van der Waals surface area contributed by atoms with Gasteiger partial charge < -0.3 is 5.32 Å². The zero-order valence-electron chi connectivity index (χ0n) is 11.0. The molecule has 1 N–H and O–H groups in total. The van der Waals surface area contributed by atoms with Gasteiger partial charge in [-0.1, -0.05) is 12.1 Å². The molecule has 0 bridgehead atoms. The van der Waals surface area contributed by atoms with Crippen molar-refractivity contribution in [1.29, 1.82) is 0 Å². The maximum Gasteiger partial charge on any atom is 0.126 e. The van der Waals surface area contributed by atoms with Gasteiger partial charge in [-0.05, 0) is 56.0 Å². The van der Waals surface area contributed by atoms with Crippen LogP contribution in [0.5, 0.6) is 0 Å². The summed E-state index contributed by atoms with van der Waals surface area (Å²) in [5.74, 6) is 0.721. The van der Waals surface area contributed by atoms with Crippen LogP contribution in [0.4, 0.5) is 4.39 Å². The van der Waals surface area contributed by atoms with Crippen molar-refractivity contribution in [1.82, 2.24) is 10.2 Å². The fraction of sp³-hybridized carbons (Fsp3) is 0.600. The minimum atomic E-state index is -0.0788. The van der Waals surface area contributed by atoms with Crippen LogP contribution < -0.4 is 5.32 Å². The van der Waals surface area contributed by atoms with Crippen molar-refractivity contribution in [3.63, 3.8) is 0 Å². The van der Waals surface area contributed by atoms with Gasteiger partial charge in [-0.2, -0.15) is 0 Å². The molecule has 0 saturated carbocycles. The SMILES string of the molecule is Cc1ccc(CN2CCC3NCCC3C2)cc1F. The number of benzene rings is 1. The summed E-state index contributed by atoms with van der Waals surface area (Å²) in [6.07, 6.45) is 2.53. The summed E-state index contributed by atoms with van der Waals surface area (Å²) < 4.78 is 13.5. The van der Waals surface area contributed by atoms with Gasteiger partial charge in [-0.15, -0.1) is 0 Å². The third-order valence-electron chi connectivity index (χ3n) is 4.38. The largest absolute Gasteiger partial charge is 0.314 e. The average Bonchev–Trinajstić information content (AvgIpc) is 2.81. The van der Waals surface area contributed by atoms with Gasteiger partial charge in [0.1, 0.15) is 5.82 Å². The molecule has 2 heterocycles. The van der Waals surface area contributed by atoms with Crippen LogP contribution in [0.1, 0.15) is 24.0 Å². The normalized spacial score (nSPS) is 28.3. The van der Waals surface area contributed by atoms with Gasteiger partial charge in [0.2, 0.25) is 0 Å². The molecule has 2 unspecified atom stereocenters. The lowest BCUT2D eigenvalue weighted by Gasteiger charge is -2.34. The van der Waals surface area contributed by atoms with E-state index in [1.165, 1.54) is 19.4 Å². The number of halogens is 1. The average molecular weight is 248 g/mol. The molecule has 2 nitrogen and oxygen atoms in total. The van der Waals surface area contributed by atoms with E-state index in [9.17, 15) is 4.39 Å². The van der Waals surface area contributed by atoms with Gasteiger partial charge in [-0.25, -0.2) is 4.39 Å². The summed E-state index contributed by atoms with van der Waals surface area (Å²) in [6.45, 7) is 6.16. The van der Waals surface area contributed by atoms with Crippen LogP contribution in [0.25, 0.3) is 0 Å². The van der Waals surface area contributed by atoms with Crippen LogP contribution >= 0.6 is 0 Å². The van der Waals surface area contributed by atoms with E-state index in [2.05, 4.69) is 16.3 Å². The van der Waals surface area contributed by atoms with Crippen molar-refractivity contribution in [3.05, 3.63) is 35.1 Å². The Morgan fingerprint density at radius 2 is 2.28 bits per heavy atom. The molecular formula is C15H21FN2. The van der Waals surface area contributed by atoms with Gasteiger partial charge in [0.05, 0.1) is 0 Å². The van der Waals surface area contributed by atoms with Gasteiger partial charge in [0, 0.05) is 19.1 Å². The van der Waals surface area contributed by atoms with E-state index in [0.29, 0.717) is 0 Å². The Bertz CT molecular complexity index is 433. The maximum absolute atomic E-state index is 13.5. The Morgan fingerprint density at radius 3 is 3.11 bits per heavy atom. The summed E-state index contributed by atoms with van der Waals surface area (Å²) in [4.78, 5) is 2.47. The van der Waals surface area contributed by atoms with Crippen molar-refractivity contribution in [2.75, 3.05) is 19.6 Å². The van der Waals surface area contributed by atoms with Crippen LogP contribution in [0.2, 0.25) is 0 Å². The Labute approximate surface area is 108 Å². The highest BCUT2D eigenvalue weighted by Crippen LogP contribution is 2.25. The molecule has 98 valence electrons. The number of hydrogen-bond acceptors (Lipinski definition) is 2. The van der Waals surface area contributed by atoms with E-state index in [-0.39, 0.29) is 5.82 Å². The molecule has 0 spiro atoms. The van der Waals surface area contributed by atoms with Gasteiger partial charge in [0.15, 0.2) is 0 Å². The molecule has 0 aliphatic carbocycles. The van der Waals surface area contributed by atoms with Gasteiger partial charge in [0.25, 0.3) is 0 Å². The second kappa shape index (κ2) is 4.98. The van der Waals surface area contributed by atoms with E-state index in [1.807, 2.05) is 13.0 Å². The second-order valence-electron chi connectivity index (χ2n) is 5.72. The maximum atomic E-state index is 13.5. The molecule has 18 heavy (non-hydrogen) atoms. The molecule has 2 aliphatic heterocycles. The molecular weight excluding hydrogens is 227 g/mol. The zero-order chi connectivity index (χ0) is 12.5. The summed E-state index contributed by atoms with van der Waals surface area (Å²) in [7, 11) is 0. The second-order valence-corrected chi connectivity index (χ2v) is 5.72. The highest BCUT2D eigenvalue weighted by Gasteiger charge is 2.32. The first-order valence-corrected chi connectivity index (χ1v) is 6.93. The molecule has 2 atom stereocenters. The van der Waals surface area contributed by atoms with Crippen molar-refractivity contribution in [3.8, 4) is 0 Å². The standard InChI is InChI=1S/C15H21FN2/c1-11-2-3-12(8-14(11)16)9-18-7-5-15-13(10-18)4-6-17-15/h2-3,8,13,15,17H,4-7,9-10H2,1H3. The molecule has 1 aromatic carbocycles. The number of aryl methyl sites for hydroxylation is 1. The van der Waals surface area contributed by atoms with Crippen molar-refractivity contribution in [2.45, 2.75) is 32.4 Å². The first-order chi connectivity index (χ1) is 8.72. The molecule has 3 heteroatoms. The molecule has 2 aliphatic rings. The number of fused-ring (bicyclic) bond motifs is 1. The Morgan fingerprint density at radius 1 is 1.39 bits per heavy atom. The van der Waals surface area contributed by atoms with Gasteiger partial charge >= 0.3 is 0 Å². The number of piperidine rings is 1. The lowest BCUT2D eigenvalue weighted by atomic mass is 9.93. The fourth-order valence-corrected chi connectivity index (χ4v) is 3.26. The minimum Gasteiger partial charge on any atom is -0.314 e. The number of likely N-dealkylation sites (tertiary alicyclic amines) is 1. The van der Waals surface area contributed by atoms with E-state index in [1.54, 1.807) is 6.07 Å². The minimum absolute atomic E-state index is 0.0788. The summed E-state index contributed by atoms with van der Waals surface area (Å²) >= 11 is 0. The van der Waals surface area contributed by atoms with Crippen LogP contribution in [0.3, 0.4) is 0 Å². The molecule has 3 rings (SSSR count). The predicted molar refractivity (Wildman–Crippen MR) is 70.9 cm³/mol. The topological polar surface area (TPSA) is 15.3 Å². The molecule has 0 aromatic heterocycles. The molecule has 2 fully saturated rings. The highest BCUT2D eigenvalue weighted by molar-refractivity contribution is 5.23. The quantitative estimate of drug-likeness (QED) is 0.864. The number of nitrogens with one attached hydrogen (secondary N) is 1. The van der Waals surface area contributed by atoms with E-state index >= 15 is 0 Å². The van der Waals surface area contributed by atoms with Crippen LogP contribution in [-0.2, 0) is 6.54 Å². The number of rotatable bonds is 2. The first kappa shape index (κ1) is 12.1. The van der Waals surface area contributed by atoms with Crippen molar-refractivity contribution < 1.29 is 4.39 Å². The Kier molecular flexibility index (Phi) is 3.35. The van der Waals surface area contributed by atoms with Crippen LogP contribution in [-0.4, -0.2) is 30.6 Å². The van der Waals surface area contributed by atoms with E-state index in [4.69, 9.17) is 0 Å². The highest BCUT2D eigenvalue weighted by atomic mass is 19.1. The number of nitrogens with zero attached hydrogens (tertiary/aromatic N) is 1. The zero-order valence-corrected chi connectivity index (χ0v) is 11.0. The summed E-state index contributed by atoms with van der Waals surface area (Å²) in [6, 6.07) is 6.36. The van der Waals surface area contributed by atoms with E-state index in [0.717, 1.165) is 42.7 Å². The van der Waals surface area contributed by atoms with E-state index < -0.39 is 0 Å². The van der Waals surface area contributed by atoms with Crippen LogP contribution in [0, 0.1) is 18.7 Å². The fourth-order valence-electron chi connectivity index (χ4n) is 3.26.